The number of carbonyl (C=O) groups excluding carboxylic acids is 1. The van der Waals surface area contributed by atoms with Gasteiger partial charge in [0, 0.05) is 36.0 Å². The summed E-state index contributed by atoms with van der Waals surface area (Å²) in [6, 6.07) is 7.77. The van der Waals surface area contributed by atoms with Gasteiger partial charge in [0.1, 0.15) is 5.82 Å². The number of anilines is 1. The van der Waals surface area contributed by atoms with Crippen LogP contribution in [0.5, 0.6) is 0 Å². The molecule has 104 valence electrons. The van der Waals surface area contributed by atoms with Crippen LogP contribution in [0.1, 0.15) is 18.9 Å². The summed E-state index contributed by atoms with van der Waals surface area (Å²) in [7, 11) is 0. The van der Waals surface area contributed by atoms with Crippen LogP contribution in [0.15, 0.2) is 36.5 Å². The first-order valence-electron chi connectivity index (χ1n) is 6.37. The Balaban J connectivity index is 2.17. The summed E-state index contributed by atoms with van der Waals surface area (Å²) in [6.45, 7) is 2.14. The first-order chi connectivity index (χ1) is 9.60. The molecule has 0 fully saturated rings. The molecule has 0 saturated heterocycles. The molecule has 3 N–H and O–H groups in total. The Labute approximate surface area is 116 Å². The molecule has 0 bridgehead atoms. The van der Waals surface area contributed by atoms with Crippen molar-refractivity contribution < 1.29 is 9.18 Å². The number of hydrogen-bond donors (Lipinski definition) is 2. The molecular formula is C15H16FN3O. The van der Waals surface area contributed by atoms with E-state index < -0.39 is 0 Å². The fourth-order valence-electron chi connectivity index (χ4n) is 1.74. The molecule has 1 aromatic heterocycles. The number of nitrogen functional groups attached to an aromatic ring is 1. The highest BCUT2D eigenvalue weighted by Gasteiger charge is 2.06. The highest BCUT2D eigenvalue weighted by molar-refractivity contribution is 5.75. The number of rotatable bonds is 4. The second-order valence-electron chi connectivity index (χ2n) is 4.41. The maximum absolute atomic E-state index is 12.9. The van der Waals surface area contributed by atoms with E-state index in [4.69, 9.17) is 5.73 Å². The van der Waals surface area contributed by atoms with Crippen molar-refractivity contribution in [1.29, 1.82) is 0 Å². The first-order valence-corrected chi connectivity index (χ1v) is 6.37. The van der Waals surface area contributed by atoms with Crippen LogP contribution in [0.2, 0.25) is 0 Å². The lowest BCUT2D eigenvalue weighted by Gasteiger charge is -2.09. The third kappa shape index (κ3) is 3.32. The Kier molecular flexibility index (Phi) is 4.30. The van der Waals surface area contributed by atoms with Gasteiger partial charge in [0.2, 0.25) is 5.91 Å². The summed E-state index contributed by atoms with van der Waals surface area (Å²) in [5, 5.41) is 2.75. The molecule has 0 saturated carbocycles. The van der Waals surface area contributed by atoms with Crippen LogP contribution in [0.3, 0.4) is 0 Å². The van der Waals surface area contributed by atoms with Gasteiger partial charge in [-0.15, -0.1) is 0 Å². The molecule has 0 aliphatic rings. The molecule has 1 amide bonds. The van der Waals surface area contributed by atoms with Gasteiger partial charge in [-0.05, 0) is 30.3 Å². The minimum Gasteiger partial charge on any atom is -0.398 e. The van der Waals surface area contributed by atoms with E-state index in [2.05, 4.69) is 10.3 Å². The average molecular weight is 273 g/mol. The van der Waals surface area contributed by atoms with E-state index in [0.717, 1.165) is 11.1 Å². The third-order valence-corrected chi connectivity index (χ3v) is 2.96. The highest BCUT2D eigenvalue weighted by atomic mass is 19.1. The van der Waals surface area contributed by atoms with Crippen molar-refractivity contribution >= 4 is 11.6 Å². The number of nitrogens with zero attached hydrogens (tertiary/aromatic N) is 1. The second-order valence-corrected chi connectivity index (χ2v) is 4.41. The van der Waals surface area contributed by atoms with E-state index in [0.29, 0.717) is 24.3 Å². The Bertz CT molecular complexity index is 611. The summed E-state index contributed by atoms with van der Waals surface area (Å²) in [5.74, 6) is -0.326. The predicted molar refractivity (Wildman–Crippen MR) is 76.2 cm³/mol. The third-order valence-electron chi connectivity index (χ3n) is 2.96. The zero-order valence-electron chi connectivity index (χ0n) is 11.2. The fraction of sp³-hybridized carbons (Fsp3) is 0.200. The zero-order chi connectivity index (χ0) is 14.5. The lowest BCUT2D eigenvalue weighted by Crippen LogP contribution is -2.22. The molecule has 0 radical (unpaired) electrons. The molecule has 2 rings (SSSR count). The Morgan fingerprint density at radius 3 is 2.65 bits per heavy atom. The van der Waals surface area contributed by atoms with Crippen LogP contribution < -0.4 is 11.1 Å². The van der Waals surface area contributed by atoms with Crippen molar-refractivity contribution in [3.63, 3.8) is 0 Å². The topological polar surface area (TPSA) is 68.0 Å². The molecular weight excluding hydrogens is 257 g/mol. The molecule has 20 heavy (non-hydrogen) atoms. The molecule has 1 heterocycles. The van der Waals surface area contributed by atoms with Gasteiger partial charge in [-0.2, -0.15) is 0 Å². The van der Waals surface area contributed by atoms with Gasteiger partial charge in [0.25, 0.3) is 0 Å². The van der Waals surface area contributed by atoms with E-state index >= 15 is 0 Å². The van der Waals surface area contributed by atoms with Crippen molar-refractivity contribution in [2.24, 2.45) is 0 Å². The van der Waals surface area contributed by atoms with Crippen LogP contribution in [0, 0.1) is 5.82 Å². The van der Waals surface area contributed by atoms with Gasteiger partial charge in [-0.1, -0.05) is 6.92 Å². The summed E-state index contributed by atoms with van der Waals surface area (Å²) < 4.78 is 12.9. The molecule has 5 heteroatoms. The van der Waals surface area contributed by atoms with Crippen molar-refractivity contribution in [3.8, 4) is 11.3 Å². The van der Waals surface area contributed by atoms with E-state index in [1.807, 2.05) is 0 Å². The first kappa shape index (κ1) is 14.0. The zero-order valence-corrected chi connectivity index (χ0v) is 11.2. The molecule has 0 atom stereocenters. The molecule has 1 aromatic carbocycles. The van der Waals surface area contributed by atoms with E-state index in [-0.39, 0.29) is 11.7 Å². The van der Waals surface area contributed by atoms with Crippen LogP contribution in [0.4, 0.5) is 10.1 Å². The Hall–Kier alpha value is -2.43. The van der Waals surface area contributed by atoms with Crippen LogP contribution in [-0.2, 0) is 11.3 Å². The van der Waals surface area contributed by atoms with Crippen molar-refractivity contribution in [2.45, 2.75) is 19.9 Å². The highest BCUT2D eigenvalue weighted by Crippen LogP contribution is 2.21. The minimum atomic E-state index is -0.291. The lowest BCUT2D eigenvalue weighted by molar-refractivity contribution is -0.120. The summed E-state index contributed by atoms with van der Waals surface area (Å²) in [6.07, 6.45) is 2.06. The number of amides is 1. The van der Waals surface area contributed by atoms with E-state index in [1.165, 1.54) is 12.1 Å². The normalized spacial score (nSPS) is 10.3. The van der Waals surface area contributed by atoms with Crippen LogP contribution in [-0.4, -0.2) is 10.9 Å². The van der Waals surface area contributed by atoms with Crippen LogP contribution >= 0.6 is 0 Å². The summed E-state index contributed by atoms with van der Waals surface area (Å²) >= 11 is 0. The lowest BCUT2D eigenvalue weighted by atomic mass is 10.1. The second kappa shape index (κ2) is 6.14. The monoisotopic (exact) mass is 273 g/mol. The standard InChI is InChI=1S/C15H16FN3O/c1-2-15(20)19-9-11-8-18-14(7-13(11)17)10-3-5-12(16)6-4-10/h3-8H,2,9H2,1H3,(H2,17,18)(H,19,20). The molecule has 0 spiro atoms. The molecule has 0 unspecified atom stereocenters. The summed E-state index contributed by atoms with van der Waals surface area (Å²) in [4.78, 5) is 15.5. The maximum atomic E-state index is 12.9. The van der Waals surface area contributed by atoms with Crippen molar-refractivity contribution in [2.75, 3.05) is 5.73 Å². The van der Waals surface area contributed by atoms with E-state index in [1.54, 1.807) is 31.3 Å². The number of aromatic nitrogens is 1. The Morgan fingerprint density at radius 1 is 1.35 bits per heavy atom. The van der Waals surface area contributed by atoms with Gasteiger partial charge >= 0.3 is 0 Å². The fourth-order valence-corrected chi connectivity index (χ4v) is 1.74. The number of pyridine rings is 1. The van der Waals surface area contributed by atoms with Gasteiger partial charge in [0.05, 0.1) is 5.69 Å². The van der Waals surface area contributed by atoms with Gasteiger partial charge in [-0.3, -0.25) is 9.78 Å². The predicted octanol–water partition coefficient (Wildman–Crippen LogP) is 2.50. The van der Waals surface area contributed by atoms with Crippen molar-refractivity contribution in [3.05, 3.63) is 47.9 Å². The minimum absolute atomic E-state index is 0.0352. The number of nitrogens with two attached hydrogens (primary N) is 1. The van der Waals surface area contributed by atoms with Gasteiger partial charge in [-0.25, -0.2) is 4.39 Å². The molecule has 2 aromatic rings. The largest absolute Gasteiger partial charge is 0.398 e. The number of hydrogen-bond acceptors (Lipinski definition) is 3. The van der Waals surface area contributed by atoms with E-state index in [9.17, 15) is 9.18 Å². The summed E-state index contributed by atoms with van der Waals surface area (Å²) in [5.41, 5.74) is 8.73. The number of nitrogens with one attached hydrogen (secondary N) is 1. The van der Waals surface area contributed by atoms with Crippen LogP contribution in [0.25, 0.3) is 11.3 Å². The number of benzene rings is 1. The molecule has 4 nitrogen and oxygen atoms in total. The smallest absolute Gasteiger partial charge is 0.219 e. The molecule has 0 aliphatic carbocycles. The SMILES string of the molecule is CCC(=O)NCc1cnc(-c2ccc(F)cc2)cc1N. The average Bonchev–Trinajstić information content (AvgIpc) is 2.46. The van der Waals surface area contributed by atoms with Gasteiger partial charge < -0.3 is 11.1 Å². The van der Waals surface area contributed by atoms with Gasteiger partial charge in [0.15, 0.2) is 0 Å². The molecule has 0 aliphatic heterocycles. The van der Waals surface area contributed by atoms with Crippen molar-refractivity contribution in [1.82, 2.24) is 10.3 Å². The Morgan fingerprint density at radius 2 is 2.05 bits per heavy atom. The number of halogens is 1. The maximum Gasteiger partial charge on any atom is 0.219 e. The number of carbonyl (C=O) groups is 1. The quantitative estimate of drug-likeness (QED) is 0.899.